The Hall–Kier alpha value is -2.99. The van der Waals surface area contributed by atoms with Crippen molar-refractivity contribution in [1.82, 2.24) is 4.90 Å². The fourth-order valence-electron chi connectivity index (χ4n) is 4.83. The van der Waals surface area contributed by atoms with Crippen molar-refractivity contribution < 1.29 is 27.1 Å². The summed E-state index contributed by atoms with van der Waals surface area (Å²) in [6, 6.07) is 7.10. The molecule has 2 fully saturated rings. The van der Waals surface area contributed by atoms with E-state index in [2.05, 4.69) is 0 Å². The Bertz CT molecular complexity index is 1020. The number of halogens is 3. The predicted molar refractivity (Wildman–Crippen MR) is 110 cm³/mol. The molecule has 0 aliphatic carbocycles. The summed E-state index contributed by atoms with van der Waals surface area (Å²) in [5, 5.41) is 9.08. The minimum Gasteiger partial charge on any atom is -0.472 e. The van der Waals surface area contributed by atoms with Gasteiger partial charge in [0.2, 0.25) is 0 Å². The van der Waals surface area contributed by atoms with Crippen LogP contribution in [0.5, 0.6) is 0 Å². The summed E-state index contributed by atoms with van der Waals surface area (Å²) in [6.07, 6.45) is -1.04. The van der Waals surface area contributed by atoms with Crippen LogP contribution in [0.1, 0.15) is 34.8 Å². The molecule has 2 atom stereocenters. The molecular weight excluding hydrogens is 423 g/mol. The molecule has 2 aliphatic heterocycles. The lowest BCUT2D eigenvalue weighted by molar-refractivity contribution is -0.137. The highest BCUT2D eigenvalue weighted by atomic mass is 19.4. The molecule has 2 aliphatic rings. The van der Waals surface area contributed by atoms with Gasteiger partial charge in [-0.3, -0.25) is 4.79 Å². The van der Waals surface area contributed by atoms with Crippen molar-refractivity contribution in [3.8, 4) is 6.07 Å². The van der Waals surface area contributed by atoms with Crippen molar-refractivity contribution in [3.05, 3.63) is 53.5 Å². The summed E-state index contributed by atoms with van der Waals surface area (Å²) in [7, 11) is 0. The number of furan rings is 1. The zero-order valence-corrected chi connectivity index (χ0v) is 17.7. The van der Waals surface area contributed by atoms with Crippen LogP contribution in [0.2, 0.25) is 0 Å². The summed E-state index contributed by atoms with van der Waals surface area (Å²) >= 11 is 0. The number of hydrogen-bond donors (Lipinski definition) is 0. The predicted octanol–water partition coefficient (Wildman–Crippen LogP) is 4.18. The highest BCUT2D eigenvalue weighted by molar-refractivity contribution is 5.93. The Morgan fingerprint density at radius 2 is 2.16 bits per heavy atom. The number of carbonyl (C=O) groups excluding carboxylic acids is 1. The van der Waals surface area contributed by atoms with Gasteiger partial charge in [0.25, 0.3) is 5.91 Å². The molecule has 9 heteroatoms. The molecule has 0 N–H and O–H groups in total. The summed E-state index contributed by atoms with van der Waals surface area (Å²) < 4.78 is 51.2. The molecule has 2 aromatic rings. The highest BCUT2D eigenvalue weighted by Gasteiger charge is 2.50. The fourth-order valence-corrected chi connectivity index (χ4v) is 4.83. The lowest BCUT2D eigenvalue weighted by atomic mass is 9.73. The number of benzene rings is 1. The summed E-state index contributed by atoms with van der Waals surface area (Å²) in [5.74, 6) is -0.0661. The van der Waals surface area contributed by atoms with Gasteiger partial charge in [0, 0.05) is 49.8 Å². The number of nitrogens with zero attached hydrogens (tertiary/aromatic N) is 3. The third-order valence-electron chi connectivity index (χ3n) is 6.58. The number of amides is 1. The van der Waals surface area contributed by atoms with Crippen LogP contribution in [0.25, 0.3) is 0 Å². The van der Waals surface area contributed by atoms with Crippen LogP contribution in [0.4, 0.5) is 18.9 Å². The largest absolute Gasteiger partial charge is 0.472 e. The molecule has 170 valence electrons. The first-order valence-electron chi connectivity index (χ1n) is 10.5. The van der Waals surface area contributed by atoms with E-state index in [-0.39, 0.29) is 17.2 Å². The number of carbonyl (C=O) groups is 1. The molecule has 0 spiro atoms. The SMILES string of the molecule is CCOC[C@@]12CCN(C(=O)c3ccoc3)C[C@@H]1CN(c1ccc(C#N)c(C(F)(F)F)c1)C2. The lowest BCUT2D eigenvalue weighted by Crippen LogP contribution is -2.51. The number of ether oxygens (including phenoxy) is 1. The first-order chi connectivity index (χ1) is 15.3. The van der Waals surface area contributed by atoms with Crippen molar-refractivity contribution in [2.45, 2.75) is 19.5 Å². The van der Waals surface area contributed by atoms with Gasteiger partial charge in [0.05, 0.1) is 35.6 Å². The van der Waals surface area contributed by atoms with E-state index in [1.54, 1.807) is 23.1 Å². The second-order valence-corrected chi connectivity index (χ2v) is 8.43. The Morgan fingerprint density at radius 3 is 2.81 bits per heavy atom. The molecule has 0 bridgehead atoms. The van der Waals surface area contributed by atoms with E-state index in [0.29, 0.717) is 57.1 Å². The maximum atomic E-state index is 13.5. The summed E-state index contributed by atoms with van der Waals surface area (Å²) in [4.78, 5) is 16.5. The van der Waals surface area contributed by atoms with E-state index in [0.717, 1.165) is 6.07 Å². The molecule has 0 saturated carbocycles. The normalized spacial score (nSPS) is 23.2. The van der Waals surface area contributed by atoms with E-state index in [1.807, 2.05) is 11.8 Å². The summed E-state index contributed by atoms with van der Waals surface area (Å²) in [6.45, 7) is 5.02. The maximum absolute atomic E-state index is 13.5. The van der Waals surface area contributed by atoms with Gasteiger partial charge in [-0.15, -0.1) is 0 Å². The number of alkyl halides is 3. The van der Waals surface area contributed by atoms with Crippen molar-refractivity contribution in [3.63, 3.8) is 0 Å². The van der Waals surface area contributed by atoms with Crippen LogP contribution in [0.15, 0.2) is 41.2 Å². The first kappa shape index (κ1) is 22.2. The van der Waals surface area contributed by atoms with E-state index < -0.39 is 17.3 Å². The van der Waals surface area contributed by atoms with Crippen LogP contribution >= 0.6 is 0 Å². The molecule has 32 heavy (non-hydrogen) atoms. The van der Waals surface area contributed by atoms with Gasteiger partial charge in [0.15, 0.2) is 0 Å². The Kier molecular flexibility index (Phi) is 5.91. The number of likely N-dealkylation sites (tertiary alicyclic amines) is 1. The van der Waals surface area contributed by atoms with Crippen molar-refractivity contribution in [2.75, 3.05) is 44.3 Å². The topological polar surface area (TPSA) is 69.7 Å². The second-order valence-electron chi connectivity index (χ2n) is 8.43. The molecule has 1 amide bonds. The zero-order chi connectivity index (χ0) is 22.9. The average molecular weight is 447 g/mol. The number of rotatable bonds is 5. The maximum Gasteiger partial charge on any atom is 0.417 e. The Labute approximate surface area is 184 Å². The summed E-state index contributed by atoms with van der Waals surface area (Å²) in [5.41, 5.74) is -0.662. The quantitative estimate of drug-likeness (QED) is 0.688. The third-order valence-corrected chi connectivity index (χ3v) is 6.58. The van der Waals surface area contributed by atoms with Gasteiger partial charge in [-0.1, -0.05) is 0 Å². The molecule has 3 heterocycles. The number of fused-ring (bicyclic) bond motifs is 1. The lowest BCUT2D eigenvalue weighted by Gasteiger charge is -2.43. The molecular formula is C23H24F3N3O3. The Morgan fingerprint density at radius 1 is 1.34 bits per heavy atom. The van der Waals surface area contributed by atoms with Gasteiger partial charge < -0.3 is 19.0 Å². The monoisotopic (exact) mass is 447 g/mol. The van der Waals surface area contributed by atoms with Gasteiger partial charge in [-0.25, -0.2) is 0 Å². The molecule has 1 aromatic heterocycles. The fraction of sp³-hybridized carbons (Fsp3) is 0.478. The van der Waals surface area contributed by atoms with Crippen LogP contribution < -0.4 is 4.90 Å². The number of piperidine rings is 1. The van der Waals surface area contributed by atoms with Crippen LogP contribution in [0.3, 0.4) is 0 Å². The van der Waals surface area contributed by atoms with Crippen molar-refractivity contribution in [1.29, 1.82) is 5.26 Å². The number of hydrogen-bond acceptors (Lipinski definition) is 5. The molecule has 0 unspecified atom stereocenters. The molecule has 4 rings (SSSR count). The Balaban J connectivity index is 1.60. The molecule has 0 radical (unpaired) electrons. The third kappa shape index (κ3) is 4.07. The van der Waals surface area contributed by atoms with Crippen LogP contribution in [-0.2, 0) is 10.9 Å². The molecule has 2 saturated heterocycles. The second kappa shape index (κ2) is 8.51. The smallest absolute Gasteiger partial charge is 0.417 e. The standard InChI is InChI=1S/C23H24F3N3O3/c1-2-31-15-22-6-7-28(21(30)17-5-8-32-13-17)11-18(22)12-29(14-22)19-4-3-16(10-27)20(9-19)23(24,25)26/h3-5,8-9,13,18H,2,6-7,11-12,14-15H2,1H3/t18-,22+/m1/s1. The molecule has 1 aromatic carbocycles. The average Bonchev–Trinajstić information content (AvgIpc) is 3.44. The minimum atomic E-state index is -4.61. The van der Waals surface area contributed by atoms with E-state index in [1.165, 1.54) is 18.6 Å². The van der Waals surface area contributed by atoms with Crippen molar-refractivity contribution >= 4 is 11.6 Å². The first-order valence-corrected chi connectivity index (χ1v) is 10.5. The molecule has 6 nitrogen and oxygen atoms in total. The number of nitriles is 1. The number of anilines is 1. The van der Waals surface area contributed by atoms with Crippen LogP contribution in [-0.4, -0.2) is 50.2 Å². The van der Waals surface area contributed by atoms with Gasteiger partial charge >= 0.3 is 6.18 Å². The van der Waals surface area contributed by atoms with E-state index in [4.69, 9.17) is 14.4 Å². The van der Waals surface area contributed by atoms with Crippen molar-refractivity contribution in [2.24, 2.45) is 11.3 Å². The van der Waals surface area contributed by atoms with Crippen LogP contribution in [0, 0.1) is 22.7 Å². The zero-order valence-electron chi connectivity index (χ0n) is 17.7. The highest BCUT2D eigenvalue weighted by Crippen LogP contribution is 2.45. The van der Waals surface area contributed by atoms with Gasteiger partial charge in [-0.2, -0.15) is 18.4 Å². The van der Waals surface area contributed by atoms with E-state index in [9.17, 15) is 18.0 Å². The minimum absolute atomic E-state index is 0.0450. The van der Waals surface area contributed by atoms with E-state index >= 15 is 0 Å². The van der Waals surface area contributed by atoms with Gasteiger partial charge in [0.1, 0.15) is 6.26 Å². The van der Waals surface area contributed by atoms with Gasteiger partial charge in [-0.05, 0) is 37.6 Å².